The first-order valence-corrected chi connectivity index (χ1v) is 8.08. The second kappa shape index (κ2) is 6.48. The van der Waals surface area contributed by atoms with E-state index in [1.54, 1.807) is 0 Å². The van der Waals surface area contributed by atoms with E-state index in [1.807, 2.05) is 17.8 Å². The normalized spacial score (nSPS) is 19.8. The minimum absolute atomic E-state index is 0.530. The third kappa shape index (κ3) is 3.42. The van der Waals surface area contributed by atoms with Crippen LogP contribution in [0.4, 0.5) is 5.69 Å². The first-order valence-electron chi connectivity index (χ1n) is 6.92. The molecule has 2 unspecified atom stereocenters. The molecule has 0 fully saturated rings. The van der Waals surface area contributed by atoms with E-state index >= 15 is 0 Å². The van der Waals surface area contributed by atoms with Crippen molar-refractivity contribution in [2.75, 3.05) is 17.2 Å². The fraction of sp³-hybridized carbons (Fsp3) is 0.600. The number of rotatable bonds is 6. The summed E-state index contributed by atoms with van der Waals surface area (Å²) in [5.41, 5.74) is 9.62. The van der Waals surface area contributed by atoms with Gasteiger partial charge in [-0.05, 0) is 61.0 Å². The molecule has 2 rings (SSSR count). The van der Waals surface area contributed by atoms with Crippen LogP contribution < -0.4 is 11.1 Å². The minimum Gasteiger partial charge on any atom is -0.399 e. The van der Waals surface area contributed by atoms with E-state index in [0.29, 0.717) is 12.1 Å². The topological polar surface area (TPSA) is 38.0 Å². The molecular weight excluding hydrogens is 240 g/mol. The Labute approximate surface area is 115 Å². The Morgan fingerprint density at radius 1 is 1.50 bits per heavy atom. The molecule has 18 heavy (non-hydrogen) atoms. The molecule has 1 aliphatic rings. The lowest BCUT2D eigenvalue weighted by atomic mass is 10.1. The Morgan fingerprint density at radius 2 is 2.33 bits per heavy atom. The van der Waals surface area contributed by atoms with Gasteiger partial charge >= 0.3 is 0 Å². The summed E-state index contributed by atoms with van der Waals surface area (Å²) in [5.74, 6) is 2.48. The first-order chi connectivity index (χ1) is 8.70. The molecule has 0 spiro atoms. The van der Waals surface area contributed by atoms with Crippen molar-refractivity contribution in [3.8, 4) is 0 Å². The molecule has 0 heterocycles. The van der Waals surface area contributed by atoms with Crippen LogP contribution >= 0.6 is 11.8 Å². The van der Waals surface area contributed by atoms with Gasteiger partial charge < -0.3 is 11.1 Å². The van der Waals surface area contributed by atoms with Crippen molar-refractivity contribution in [1.29, 1.82) is 0 Å². The lowest BCUT2D eigenvalue weighted by Crippen LogP contribution is -2.29. The maximum Gasteiger partial charge on any atom is 0.0328 e. The number of anilines is 1. The molecule has 0 radical (unpaired) electrons. The van der Waals surface area contributed by atoms with Gasteiger partial charge in [-0.2, -0.15) is 11.8 Å². The van der Waals surface area contributed by atoms with E-state index in [4.69, 9.17) is 5.73 Å². The summed E-state index contributed by atoms with van der Waals surface area (Å²) < 4.78 is 0. The lowest BCUT2D eigenvalue weighted by molar-refractivity contribution is 0.446. The molecule has 0 bridgehead atoms. The average Bonchev–Trinajstić information content (AvgIpc) is 2.72. The number of nitrogens with two attached hydrogens (primary N) is 1. The highest BCUT2D eigenvalue weighted by atomic mass is 32.2. The predicted molar refractivity (Wildman–Crippen MR) is 82.1 cm³/mol. The molecule has 0 aromatic heterocycles. The van der Waals surface area contributed by atoms with Gasteiger partial charge in [-0.25, -0.2) is 0 Å². The van der Waals surface area contributed by atoms with Crippen LogP contribution in [-0.4, -0.2) is 17.5 Å². The summed E-state index contributed by atoms with van der Waals surface area (Å²) in [7, 11) is 0. The van der Waals surface area contributed by atoms with E-state index < -0.39 is 0 Å². The number of hydrogen-bond donors (Lipinski definition) is 2. The number of thioether (sulfide) groups is 1. The molecule has 0 saturated heterocycles. The maximum atomic E-state index is 5.84. The predicted octanol–water partition coefficient (Wildman–Crippen LogP) is 3.38. The van der Waals surface area contributed by atoms with Crippen LogP contribution in [0.5, 0.6) is 0 Å². The van der Waals surface area contributed by atoms with E-state index in [0.717, 1.165) is 12.1 Å². The maximum absolute atomic E-state index is 5.84. The van der Waals surface area contributed by atoms with Gasteiger partial charge in [0.15, 0.2) is 0 Å². The molecule has 1 aromatic rings. The Morgan fingerprint density at radius 3 is 3.11 bits per heavy atom. The zero-order valence-electron chi connectivity index (χ0n) is 11.4. The summed E-state index contributed by atoms with van der Waals surface area (Å²) in [6.45, 7) is 4.52. The number of aryl methyl sites for hydroxylation is 1. The van der Waals surface area contributed by atoms with Crippen molar-refractivity contribution in [2.45, 2.75) is 45.2 Å². The monoisotopic (exact) mass is 264 g/mol. The van der Waals surface area contributed by atoms with Crippen LogP contribution in [-0.2, 0) is 6.42 Å². The zero-order chi connectivity index (χ0) is 13.0. The Balaban J connectivity index is 1.89. The van der Waals surface area contributed by atoms with Crippen molar-refractivity contribution < 1.29 is 0 Å². The van der Waals surface area contributed by atoms with E-state index in [1.165, 1.54) is 35.5 Å². The van der Waals surface area contributed by atoms with E-state index in [-0.39, 0.29) is 0 Å². The smallest absolute Gasteiger partial charge is 0.0328 e. The number of fused-ring (bicyclic) bond motifs is 1. The van der Waals surface area contributed by atoms with E-state index in [2.05, 4.69) is 31.3 Å². The van der Waals surface area contributed by atoms with Crippen molar-refractivity contribution in [3.05, 3.63) is 29.3 Å². The zero-order valence-corrected chi connectivity index (χ0v) is 12.2. The quantitative estimate of drug-likeness (QED) is 0.611. The number of nitrogens with one attached hydrogen (secondary N) is 1. The van der Waals surface area contributed by atoms with Gasteiger partial charge in [0.05, 0.1) is 0 Å². The van der Waals surface area contributed by atoms with Crippen molar-refractivity contribution in [3.63, 3.8) is 0 Å². The second-order valence-electron chi connectivity index (χ2n) is 5.10. The van der Waals surface area contributed by atoms with Gasteiger partial charge in [0.25, 0.3) is 0 Å². The van der Waals surface area contributed by atoms with Crippen LogP contribution in [0.2, 0.25) is 0 Å². The second-order valence-corrected chi connectivity index (χ2v) is 6.50. The van der Waals surface area contributed by atoms with Crippen LogP contribution in [0.15, 0.2) is 18.2 Å². The van der Waals surface area contributed by atoms with Gasteiger partial charge in [0.1, 0.15) is 0 Å². The fourth-order valence-corrected chi connectivity index (χ4v) is 3.45. The summed E-state index contributed by atoms with van der Waals surface area (Å²) in [5, 5.41) is 3.76. The summed E-state index contributed by atoms with van der Waals surface area (Å²) in [6, 6.07) is 7.48. The van der Waals surface area contributed by atoms with Crippen LogP contribution in [0.1, 0.15) is 43.9 Å². The summed E-state index contributed by atoms with van der Waals surface area (Å²) in [6.07, 6.45) is 3.62. The number of benzene rings is 1. The average molecular weight is 264 g/mol. The molecule has 3 N–H and O–H groups in total. The third-order valence-electron chi connectivity index (χ3n) is 3.63. The standard InChI is InChI=1S/C15H24N2S/c1-3-18-9-8-11(2)17-15-7-4-12-10-13(16)5-6-14(12)15/h5-6,10-11,15,17H,3-4,7-9,16H2,1-2H3. The fourth-order valence-electron chi connectivity index (χ4n) is 2.64. The molecule has 1 aliphatic carbocycles. The largest absolute Gasteiger partial charge is 0.399 e. The van der Waals surface area contributed by atoms with Gasteiger partial charge in [-0.15, -0.1) is 0 Å². The number of nitrogen functional groups attached to an aromatic ring is 1. The summed E-state index contributed by atoms with van der Waals surface area (Å²) >= 11 is 2.03. The molecular formula is C15H24N2S. The molecule has 3 heteroatoms. The molecule has 0 saturated carbocycles. The Kier molecular flexibility index (Phi) is 4.95. The molecule has 0 amide bonds. The van der Waals surface area contributed by atoms with Crippen LogP contribution in [0.25, 0.3) is 0 Å². The van der Waals surface area contributed by atoms with Gasteiger partial charge in [-0.3, -0.25) is 0 Å². The van der Waals surface area contributed by atoms with Crippen molar-refractivity contribution in [2.24, 2.45) is 0 Å². The van der Waals surface area contributed by atoms with E-state index in [9.17, 15) is 0 Å². The van der Waals surface area contributed by atoms with Crippen molar-refractivity contribution in [1.82, 2.24) is 5.32 Å². The Hall–Kier alpha value is -0.670. The van der Waals surface area contributed by atoms with Gasteiger partial charge in [0.2, 0.25) is 0 Å². The SMILES string of the molecule is CCSCCC(C)NC1CCc2cc(N)ccc21. The third-order valence-corrected chi connectivity index (χ3v) is 4.56. The highest BCUT2D eigenvalue weighted by molar-refractivity contribution is 7.99. The minimum atomic E-state index is 0.530. The molecule has 2 atom stereocenters. The van der Waals surface area contributed by atoms with Gasteiger partial charge in [0, 0.05) is 17.8 Å². The number of hydrogen-bond acceptors (Lipinski definition) is 3. The Bertz CT molecular complexity index is 392. The summed E-state index contributed by atoms with van der Waals surface area (Å²) in [4.78, 5) is 0. The molecule has 2 nitrogen and oxygen atoms in total. The highest BCUT2D eigenvalue weighted by Gasteiger charge is 2.23. The molecule has 0 aliphatic heterocycles. The first kappa shape index (κ1) is 13.8. The lowest BCUT2D eigenvalue weighted by Gasteiger charge is -2.20. The van der Waals surface area contributed by atoms with Crippen LogP contribution in [0.3, 0.4) is 0 Å². The van der Waals surface area contributed by atoms with Crippen molar-refractivity contribution >= 4 is 17.4 Å². The molecule has 1 aromatic carbocycles. The van der Waals surface area contributed by atoms with Gasteiger partial charge in [-0.1, -0.05) is 13.0 Å². The molecule has 100 valence electrons. The highest BCUT2D eigenvalue weighted by Crippen LogP contribution is 2.32. The van der Waals surface area contributed by atoms with Crippen LogP contribution in [0, 0.1) is 0 Å².